The van der Waals surface area contributed by atoms with Crippen molar-refractivity contribution in [3.63, 3.8) is 0 Å². The van der Waals surface area contributed by atoms with Crippen molar-refractivity contribution in [1.29, 1.82) is 0 Å². The maximum Gasteiger partial charge on any atom is 0.330 e. The van der Waals surface area contributed by atoms with Crippen LogP contribution in [0.1, 0.15) is 31.4 Å². The number of rotatable bonds is 6. The topological polar surface area (TPSA) is 46.6 Å². The van der Waals surface area contributed by atoms with Crippen LogP contribution in [0.2, 0.25) is 0 Å². The Labute approximate surface area is 166 Å². The van der Waals surface area contributed by atoms with Crippen molar-refractivity contribution in [2.75, 3.05) is 12.0 Å². The number of methoxy groups -OCH3 is 1. The van der Waals surface area contributed by atoms with Gasteiger partial charge in [-0.05, 0) is 37.5 Å². The molecule has 0 saturated heterocycles. The van der Waals surface area contributed by atoms with Gasteiger partial charge < -0.3 is 9.64 Å². The summed E-state index contributed by atoms with van der Waals surface area (Å²) in [6, 6.07) is 17.7. The second-order valence-corrected chi connectivity index (χ2v) is 7.21. The van der Waals surface area contributed by atoms with Gasteiger partial charge in [0.2, 0.25) is 5.91 Å². The van der Waals surface area contributed by atoms with E-state index < -0.39 is 11.4 Å². The fourth-order valence-electron chi connectivity index (χ4n) is 3.54. The first-order chi connectivity index (χ1) is 13.5. The molecule has 1 aliphatic rings. The summed E-state index contributed by atoms with van der Waals surface area (Å²) in [5, 5.41) is 0. The van der Waals surface area contributed by atoms with Gasteiger partial charge in [0.15, 0.2) is 0 Å². The summed E-state index contributed by atoms with van der Waals surface area (Å²) >= 11 is 0. The fourth-order valence-corrected chi connectivity index (χ4v) is 3.54. The molecule has 2 aromatic carbocycles. The van der Waals surface area contributed by atoms with Crippen molar-refractivity contribution in [2.45, 2.75) is 32.2 Å². The predicted octanol–water partition coefficient (Wildman–Crippen LogP) is 4.56. The molecule has 1 atom stereocenters. The summed E-state index contributed by atoms with van der Waals surface area (Å²) in [6.07, 6.45) is 5.59. The van der Waals surface area contributed by atoms with Crippen LogP contribution in [-0.4, -0.2) is 19.0 Å². The van der Waals surface area contributed by atoms with E-state index >= 15 is 0 Å². The van der Waals surface area contributed by atoms with Gasteiger partial charge in [-0.1, -0.05) is 66.3 Å². The lowest BCUT2D eigenvalue weighted by Crippen LogP contribution is -2.38. The smallest absolute Gasteiger partial charge is 0.330 e. The quantitative estimate of drug-likeness (QED) is 0.422. The summed E-state index contributed by atoms with van der Waals surface area (Å²) in [7, 11) is 1.33. The molecule has 0 saturated carbocycles. The van der Waals surface area contributed by atoms with E-state index in [2.05, 4.69) is 0 Å². The maximum absolute atomic E-state index is 13.7. The van der Waals surface area contributed by atoms with E-state index in [-0.39, 0.29) is 5.91 Å². The van der Waals surface area contributed by atoms with Gasteiger partial charge in [-0.25, -0.2) is 4.79 Å². The number of para-hydroxylation sites is 1. The first-order valence-corrected chi connectivity index (χ1v) is 9.34. The number of carbonyl (C=O) groups excluding carboxylic acids is 2. The average Bonchev–Trinajstić information content (AvgIpc) is 2.94. The first kappa shape index (κ1) is 19.6. The number of hydrogen-bond acceptors (Lipinski definition) is 3. The van der Waals surface area contributed by atoms with E-state index in [1.165, 1.54) is 13.2 Å². The third-order valence-corrected chi connectivity index (χ3v) is 5.02. The van der Waals surface area contributed by atoms with Crippen LogP contribution in [0.5, 0.6) is 0 Å². The number of fused-ring (bicyclic) bond motifs is 1. The molecule has 28 heavy (non-hydrogen) atoms. The number of hydrogen-bond donors (Lipinski definition) is 0. The largest absolute Gasteiger partial charge is 0.466 e. The summed E-state index contributed by atoms with van der Waals surface area (Å²) in [5.41, 5.74) is 3.05. The number of ether oxygens (including phenoxy) is 1. The van der Waals surface area contributed by atoms with Crippen molar-refractivity contribution in [2.24, 2.45) is 0 Å². The molecule has 1 unspecified atom stereocenters. The van der Waals surface area contributed by atoms with Crippen LogP contribution in [-0.2, 0) is 26.3 Å². The zero-order chi connectivity index (χ0) is 20.1. The number of carbonyl (C=O) groups is 2. The van der Waals surface area contributed by atoms with Crippen molar-refractivity contribution >= 4 is 17.6 Å². The molecule has 0 N–H and O–H groups in total. The molecule has 2 aromatic rings. The molecule has 0 aliphatic carbocycles. The van der Waals surface area contributed by atoms with E-state index in [0.717, 1.165) is 22.4 Å². The highest BCUT2D eigenvalue weighted by molar-refractivity contribution is 6.10. The second-order valence-electron chi connectivity index (χ2n) is 7.21. The molecular weight excluding hydrogens is 350 g/mol. The molecule has 144 valence electrons. The van der Waals surface area contributed by atoms with Crippen molar-refractivity contribution in [3.05, 3.63) is 89.5 Å². The molecule has 3 rings (SSSR count). The third-order valence-electron chi connectivity index (χ3n) is 5.02. The minimum absolute atomic E-state index is 0.0322. The van der Waals surface area contributed by atoms with E-state index in [1.807, 2.05) is 79.4 Å². The molecule has 0 radical (unpaired) electrons. The third kappa shape index (κ3) is 3.77. The van der Waals surface area contributed by atoms with Gasteiger partial charge in [-0.15, -0.1) is 0 Å². The SMILES string of the molecule is COC(=O)/C=C/C1(CC=C(C)C)C(=O)N(Cc2ccccc2)c2ccccc21. The lowest BCUT2D eigenvalue weighted by molar-refractivity contribution is -0.134. The van der Waals surface area contributed by atoms with Crippen LogP contribution in [0, 0.1) is 0 Å². The first-order valence-electron chi connectivity index (χ1n) is 9.34. The van der Waals surface area contributed by atoms with Gasteiger partial charge in [-0.2, -0.15) is 0 Å². The van der Waals surface area contributed by atoms with Crippen LogP contribution in [0.3, 0.4) is 0 Å². The number of amides is 1. The van der Waals surface area contributed by atoms with Gasteiger partial charge in [0, 0.05) is 11.8 Å². The van der Waals surface area contributed by atoms with Crippen LogP contribution < -0.4 is 4.90 Å². The Morgan fingerprint density at radius 2 is 1.75 bits per heavy atom. The monoisotopic (exact) mass is 375 g/mol. The Balaban J connectivity index is 2.10. The van der Waals surface area contributed by atoms with Gasteiger partial charge >= 0.3 is 5.97 Å². The summed E-state index contributed by atoms with van der Waals surface area (Å²) in [5.74, 6) is -0.501. The maximum atomic E-state index is 13.7. The highest BCUT2D eigenvalue weighted by atomic mass is 16.5. The molecule has 1 aliphatic heterocycles. The molecule has 1 amide bonds. The Bertz CT molecular complexity index is 926. The van der Waals surface area contributed by atoms with Crippen LogP contribution >= 0.6 is 0 Å². The van der Waals surface area contributed by atoms with Gasteiger partial charge in [0.1, 0.15) is 0 Å². The number of nitrogens with zero attached hydrogens (tertiary/aromatic N) is 1. The summed E-state index contributed by atoms with van der Waals surface area (Å²) < 4.78 is 4.76. The number of esters is 1. The van der Waals surface area contributed by atoms with E-state index in [9.17, 15) is 9.59 Å². The van der Waals surface area contributed by atoms with E-state index in [1.54, 1.807) is 6.08 Å². The van der Waals surface area contributed by atoms with Crippen molar-refractivity contribution < 1.29 is 14.3 Å². The van der Waals surface area contributed by atoms with Crippen LogP contribution in [0.4, 0.5) is 5.69 Å². The molecule has 1 heterocycles. The number of allylic oxidation sites excluding steroid dienone is 2. The Kier molecular flexibility index (Phi) is 5.78. The summed E-state index contributed by atoms with van der Waals surface area (Å²) in [6.45, 7) is 4.49. The molecule has 0 fully saturated rings. The Hall–Kier alpha value is -3.14. The minimum Gasteiger partial charge on any atom is -0.466 e. The zero-order valence-corrected chi connectivity index (χ0v) is 16.5. The second kappa shape index (κ2) is 8.26. The van der Waals surface area contributed by atoms with Gasteiger partial charge in [0.25, 0.3) is 0 Å². The molecule has 0 bridgehead atoms. The molecule has 0 spiro atoms. The van der Waals surface area contributed by atoms with Crippen LogP contribution in [0.25, 0.3) is 0 Å². The Morgan fingerprint density at radius 3 is 2.43 bits per heavy atom. The predicted molar refractivity (Wildman–Crippen MR) is 111 cm³/mol. The molecule has 4 nitrogen and oxygen atoms in total. The highest BCUT2D eigenvalue weighted by Crippen LogP contribution is 2.46. The standard InChI is InChI=1S/C24H25NO3/c1-18(2)13-15-24(16-14-22(26)28-3)20-11-7-8-12-21(20)25(23(24)27)17-19-9-5-4-6-10-19/h4-14,16H,15,17H2,1-3H3/b16-14+. The van der Waals surface area contributed by atoms with Crippen LogP contribution in [0.15, 0.2) is 78.4 Å². The lowest BCUT2D eigenvalue weighted by Gasteiger charge is -2.25. The van der Waals surface area contributed by atoms with E-state index in [0.29, 0.717) is 13.0 Å². The van der Waals surface area contributed by atoms with Crippen molar-refractivity contribution in [3.8, 4) is 0 Å². The highest BCUT2D eigenvalue weighted by Gasteiger charge is 2.48. The number of benzene rings is 2. The van der Waals surface area contributed by atoms with Gasteiger partial charge in [0.05, 0.1) is 19.1 Å². The normalized spacial score (nSPS) is 18.2. The van der Waals surface area contributed by atoms with E-state index in [4.69, 9.17) is 4.74 Å². The van der Waals surface area contributed by atoms with Crippen molar-refractivity contribution in [1.82, 2.24) is 0 Å². The Morgan fingerprint density at radius 1 is 1.07 bits per heavy atom. The fraction of sp³-hybridized carbons (Fsp3) is 0.250. The molecule has 4 heteroatoms. The van der Waals surface area contributed by atoms with Gasteiger partial charge in [-0.3, -0.25) is 4.79 Å². The summed E-state index contributed by atoms with van der Waals surface area (Å²) in [4.78, 5) is 27.3. The zero-order valence-electron chi connectivity index (χ0n) is 16.5. The average molecular weight is 375 g/mol. The minimum atomic E-state index is -0.920. The lowest BCUT2D eigenvalue weighted by atomic mass is 9.77. The molecule has 0 aromatic heterocycles. The molecular formula is C24H25NO3. The number of anilines is 1.